The highest BCUT2D eigenvalue weighted by Crippen LogP contribution is 2.31. The Kier molecular flexibility index (Phi) is 6.61. The van der Waals surface area contributed by atoms with Gasteiger partial charge < -0.3 is 19.5 Å². The van der Waals surface area contributed by atoms with E-state index >= 15 is 0 Å². The van der Waals surface area contributed by atoms with Crippen molar-refractivity contribution in [3.05, 3.63) is 71.4 Å². The van der Waals surface area contributed by atoms with Crippen LogP contribution < -0.4 is 0 Å². The lowest BCUT2D eigenvalue weighted by molar-refractivity contribution is -0.135. The molecule has 2 atom stereocenters. The number of aromatic nitrogens is 1. The molecule has 1 N–H and O–H groups in total. The molecule has 0 spiro atoms. The molecule has 1 aliphatic rings. The van der Waals surface area contributed by atoms with Crippen LogP contribution in [0.15, 0.2) is 54.7 Å². The zero-order chi connectivity index (χ0) is 22.7. The predicted molar refractivity (Wildman–Crippen MR) is 126 cm³/mol. The first-order valence-electron chi connectivity index (χ1n) is 11.3. The van der Waals surface area contributed by atoms with E-state index in [1.54, 1.807) is 19.0 Å². The fraction of sp³-hybridized carbons (Fsp3) is 0.385. The van der Waals surface area contributed by atoms with Crippen molar-refractivity contribution >= 4 is 22.7 Å². The molecule has 1 aromatic heterocycles. The summed E-state index contributed by atoms with van der Waals surface area (Å²) in [5, 5.41) is 1.11. The van der Waals surface area contributed by atoms with Crippen LogP contribution >= 0.6 is 0 Å². The van der Waals surface area contributed by atoms with Crippen LogP contribution in [0.3, 0.4) is 0 Å². The Bertz CT molecular complexity index is 1090. The molecular weight excluding hydrogens is 402 g/mol. The third kappa shape index (κ3) is 4.55. The maximum Gasteiger partial charge on any atom is 0.253 e. The number of benzene rings is 2. The molecule has 0 saturated carbocycles. The van der Waals surface area contributed by atoms with Gasteiger partial charge in [-0.2, -0.15) is 0 Å². The Balaban J connectivity index is 1.45. The molecule has 168 valence electrons. The number of nitrogens with zero attached hydrogens (tertiary/aromatic N) is 2. The number of H-pyrrole nitrogens is 1. The summed E-state index contributed by atoms with van der Waals surface area (Å²) in [5.41, 5.74) is 3.80. The number of rotatable bonds is 6. The van der Waals surface area contributed by atoms with Gasteiger partial charge in [0, 0.05) is 56.0 Å². The average Bonchev–Trinajstić information content (AvgIpc) is 3.22. The normalized spacial score (nSPS) is 18.5. The first-order valence-corrected chi connectivity index (χ1v) is 11.3. The van der Waals surface area contributed by atoms with E-state index in [0.717, 1.165) is 34.9 Å². The van der Waals surface area contributed by atoms with Crippen molar-refractivity contribution in [3.8, 4) is 0 Å². The maximum absolute atomic E-state index is 13.2. The summed E-state index contributed by atoms with van der Waals surface area (Å²) in [5.74, 6) is 0.133. The zero-order valence-corrected chi connectivity index (χ0v) is 19.0. The van der Waals surface area contributed by atoms with Gasteiger partial charge in [-0.05, 0) is 49.1 Å². The zero-order valence-electron chi connectivity index (χ0n) is 19.0. The molecule has 0 radical (unpaired) electrons. The number of fused-ring (bicyclic) bond motifs is 1. The first-order chi connectivity index (χ1) is 15.5. The highest BCUT2D eigenvalue weighted by molar-refractivity contribution is 5.93. The van der Waals surface area contributed by atoms with Crippen LogP contribution in [-0.2, 0) is 16.0 Å². The standard InChI is InChI=1S/C26H31N3O3/c1-4-29(25(30)15-20-17-27-23-8-6-5-7-22(20)23)21-13-14-32-24(16-21)18-9-11-19(12-10-18)26(31)28(2)3/h5-12,17,21,24,27H,4,13-16H2,1-3H3/t21-,24+/m1/s1. The van der Waals surface area contributed by atoms with Gasteiger partial charge in [0.2, 0.25) is 5.91 Å². The third-order valence-corrected chi connectivity index (χ3v) is 6.31. The number of likely N-dealkylation sites (N-methyl/N-ethyl adjacent to an activating group) is 1. The van der Waals surface area contributed by atoms with E-state index in [4.69, 9.17) is 4.74 Å². The molecule has 3 aromatic rings. The number of nitrogens with one attached hydrogen (secondary N) is 1. The van der Waals surface area contributed by atoms with Crippen LogP contribution in [0.5, 0.6) is 0 Å². The van der Waals surface area contributed by atoms with Crippen LogP contribution in [0, 0.1) is 0 Å². The van der Waals surface area contributed by atoms with E-state index in [2.05, 4.69) is 11.1 Å². The molecule has 2 amide bonds. The average molecular weight is 434 g/mol. The summed E-state index contributed by atoms with van der Waals surface area (Å²) in [6, 6.07) is 15.9. The second-order valence-corrected chi connectivity index (χ2v) is 8.58. The van der Waals surface area contributed by atoms with Crippen molar-refractivity contribution in [3.63, 3.8) is 0 Å². The molecule has 6 heteroatoms. The molecule has 0 bridgehead atoms. The van der Waals surface area contributed by atoms with Gasteiger partial charge in [-0.15, -0.1) is 0 Å². The minimum absolute atomic E-state index is 0.0148. The topological polar surface area (TPSA) is 65.6 Å². The summed E-state index contributed by atoms with van der Waals surface area (Å²) in [6.07, 6.45) is 3.85. The molecule has 1 saturated heterocycles. The fourth-order valence-electron chi connectivity index (χ4n) is 4.57. The van der Waals surface area contributed by atoms with E-state index in [1.807, 2.05) is 60.5 Å². The molecule has 4 rings (SSSR count). The minimum Gasteiger partial charge on any atom is -0.373 e. The van der Waals surface area contributed by atoms with Crippen molar-refractivity contribution in [2.75, 3.05) is 27.2 Å². The van der Waals surface area contributed by atoms with E-state index in [-0.39, 0.29) is 24.0 Å². The number of hydrogen-bond donors (Lipinski definition) is 1. The SMILES string of the molecule is CCN(C(=O)Cc1c[nH]c2ccccc12)[C@@H]1CCO[C@H](c2ccc(C(=O)N(C)C)cc2)C1. The summed E-state index contributed by atoms with van der Waals surface area (Å²) < 4.78 is 6.04. The molecule has 0 unspecified atom stereocenters. The Morgan fingerprint density at radius 1 is 1.09 bits per heavy atom. The van der Waals surface area contributed by atoms with Gasteiger partial charge in [0.05, 0.1) is 12.5 Å². The molecule has 0 aliphatic carbocycles. The Morgan fingerprint density at radius 3 is 2.56 bits per heavy atom. The van der Waals surface area contributed by atoms with Crippen molar-refractivity contribution in [2.24, 2.45) is 0 Å². The maximum atomic E-state index is 13.2. The Hall–Kier alpha value is -3.12. The number of carbonyl (C=O) groups is 2. The lowest BCUT2D eigenvalue weighted by Gasteiger charge is -2.37. The smallest absolute Gasteiger partial charge is 0.253 e. The largest absolute Gasteiger partial charge is 0.373 e. The summed E-state index contributed by atoms with van der Waals surface area (Å²) in [4.78, 5) is 32.2. The molecule has 2 heterocycles. The lowest BCUT2D eigenvalue weighted by atomic mass is 9.95. The monoisotopic (exact) mass is 433 g/mol. The van der Waals surface area contributed by atoms with E-state index < -0.39 is 0 Å². The third-order valence-electron chi connectivity index (χ3n) is 6.31. The predicted octanol–water partition coefficient (Wildman–Crippen LogP) is 4.18. The second kappa shape index (κ2) is 9.57. The number of aromatic amines is 1. The van der Waals surface area contributed by atoms with E-state index in [1.165, 1.54) is 0 Å². The first kappa shape index (κ1) is 22.1. The number of ether oxygens (including phenoxy) is 1. The molecule has 32 heavy (non-hydrogen) atoms. The van der Waals surface area contributed by atoms with Gasteiger partial charge in [-0.25, -0.2) is 0 Å². The number of hydrogen-bond acceptors (Lipinski definition) is 3. The quantitative estimate of drug-likeness (QED) is 0.634. The molecule has 1 fully saturated rings. The van der Waals surface area contributed by atoms with Crippen LogP contribution in [0.4, 0.5) is 0 Å². The van der Waals surface area contributed by atoms with Crippen molar-refractivity contribution in [1.82, 2.24) is 14.8 Å². The lowest BCUT2D eigenvalue weighted by Crippen LogP contribution is -2.44. The van der Waals surface area contributed by atoms with Gasteiger partial charge in [0.25, 0.3) is 5.91 Å². The van der Waals surface area contributed by atoms with E-state index in [9.17, 15) is 9.59 Å². The highest BCUT2D eigenvalue weighted by Gasteiger charge is 2.30. The van der Waals surface area contributed by atoms with Crippen molar-refractivity contribution < 1.29 is 14.3 Å². The number of carbonyl (C=O) groups excluding carboxylic acids is 2. The van der Waals surface area contributed by atoms with Gasteiger partial charge >= 0.3 is 0 Å². The molecule has 6 nitrogen and oxygen atoms in total. The van der Waals surface area contributed by atoms with Crippen LogP contribution in [0.2, 0.25) is 0 Å². The van der Waals surface area contributed by atoms with Gasteiger partial charge in [-0.3, -0.25) is 9.59 Å². The number of para-hydroxylation sites is 1. The fourth-order valence-corrected chi connectivity index (χ4v) is 4.57. The summed E-state index contributed by atoms with van der Waals surface area (Å²) in [7, 11) is 3.50. The molecular formula is C26H31N3O3. The Labute approximate surface area is 189 Å². The highest BCUT2D eigenvalue weighted by atomic mass is 16.5. The van der Waals surface area contributed by atoms with Crippen molar-refractivity contribution in [1.29, 1.82) is 0 Å². The molecule has 1 aliphatic heterocycles. The Morgan fingerprint density at radius 2 is 1.84 bits per heavy atom. The minimum atomic E-state index is -0.0767. The summed E-state index contributed by atoms with van der Waals surface area (Å²) in [6.45, 7) is 3.33. The molecule has 2 aromatic carbocycles. The van der Waals surface area contributed by atoms with Gasteiger partial charge in [0.1, 0.15) is 0 Å². The van der Waals surface area contributed by atoms with Crippen LogP contribution in [0.25, 0.3) is 10.9 Å². The van der Waals surface area contributed by atoms with Crippen LogP contribution in [-0.4, -0.2) is 59.9 Å². The van der Waals surface area contributed by atoms with Crippen LogP contribution in [0.1, 0.15) is 47.4 Å². The number of amides is 2. The summed E-state index contributed by atoms with van der Waals surface area (Å²) >= 11 is 0. The van der Waals surface area contributed by atoms with Gasteiger partial charge in [0.15, 0.2) is 0 Å². The van der Waals surface area contributed by atoms with Crippen molar-refractivity contribution in [2.45, 2.75) is 38.3 Å². The second-order valence-electron chi connectivity index (χ2n) is 8.58. The van der Waals surface area contributed by atoms with E-state index in [0.29, 0.717) is 25.1 Å². The van der Waals surface area contributed by atoms with Gasteiger partial charge in [-0.1, -0.05) is 30.3 Å².